The second-order valence-corrected chi connectivity index (χ2v) is 14.6. The highest BCUT2D eigenvalue weighted by molar-refractivity contribution is 5.76. The van der Waals surface area contributed by atoms with E-state index < -0.39 is 0 Å². The van der Waals surface area contributed by atoms with E-state index >= 15 is 0 Å². The van der Waals surface area contributed by atoms with Gasteiger partial charge >= 0.3 is 0 Å². The molecule has 0 aliphatic heterocycles. The lowest BCUT2D eigenvalue weighted by Crippen LogP contribution is -2.41. The van der Waals surface area contributed by atoms with Crippen molar-refractivity contribution in [3.63, 3.8) is 0 Å². The Morgan fingerprint density at radius 3 is 0.979 bits per heavy atom. The van der Waals surface area contributed by atoms with Crippen LogP contribution in [0.2, 0.25) is 0 Å². The largest absolute Gasteiger partial charge is 0.396 e. The van der Waals surface area contributed by atoms with Gasteiger partial charge in [-0.1, -0.05) is 194 Å². The number of unbranched alkanes of at least 4 members (excludes halogenated alkanes) is 28. The van der Waals surface area contributed by atoms with E-state index in [0.717, 1.165) is 25.7 Å². The van der Waals surface area contributed by atoms with Crippen LogP contribution < -0.4 is 10.6 Å². The molecule has 0 atom stereocenters. The molecule has 0 bridgehead atoms. The van der Waals surface area contributed by atoms with E-state index in [4.69, 9.17) is 9.84 Å². The van der Waals surface area contributed by atoms with Crippen LogP contribution in [0, 0.1) is 0 Å². The van der Waals surface area contributed by atoms with Crippen LogP contribution in [-0.2, 0) is 14.3 Å². The highest BCUT2D eigenvalue weighted by atomic mass is 16.5. The number of aliphatic hydroxyl groups excluding tert-OH is 1. The molecule has 6 nitrogen and oxygen atoms in total. The zero-order chi connectivity index (χ0) is 35.0. The van der Waals surface area contributed by atoms with Crippen LogP contribution in [0.5, 0.6) is 0 Å². The van der Waals surface area contributed by atoms with E-state index in [1.807, 2.05) is 0 Å². The van der Waals surface area contributed by atoms with Crippen molar-refractivity contribution < 1.29 is 19.4 Å². The average Bonchev–Trinajstić information content (AvgIpc) is 3.09. The second-order valence-electron chi connectivity index (χ2n) is 14.6. The fraction of sp³-hybridized carbons (Fsp3) is 0.952. The third-order valence-electron chi connectivity index (χ3n) is 9.72. The van der Waals surface area contributed by atoms with E-state index in [-0.39, 0.29) is 24.5 Å². The molecule has 0 aromatic heterocycles. The highest BCUT2D eigenvalue weighted by Gasteiger charge is 2.13. The smallest absolute Gasteiger partial charge is 0.220 e. The monoisotopic (exact) mass is 681 g/mol. The topological polar surface area (TPSA) is 87.7 Å². The first kappa shape index (κ1) is 46.9. The van der Waals surface area contributed by atoms with Crippen LogP contribution in [-0.4, -0.2) is 49.3 Å². The second kappa shape index (κ2) is 40.3. The lowest BCUT2D eigenvalue weighted by Gasteiger charge is -2.19. The Morgan fingerprint density at radius 2 is 0.708 bits per heavy atom. The van der Waals surface area contributed by atoms with Gasteiger partial charge < -0.3 is 20.5 Å². The van der Waals surface area contributed by atoms with Crippen molar-refractivity contribution in [2.24, 2.45) is 0 Å². The number of nitrogens with one attached hydrogen (secondary N) is 2. The normalized spacial score (nSPS) is 11.4. The molecule has 6 heteroatoms. The molecule has 286 valence electrons. The minimum Gasteiger partial charge on any atom is -0.396 e. The van der Waals surface area contributed by atoms with Crippen LogP contribution >= 0.6 is 0 Å². The summed E-state index contributed by atoms with van der Waals surface area (Å²) >= 11 is 0. The van der Waals surface area contributed by atoms with Crippen molar-refractivity contribution in [3.05, 3.63) is 0 Å². The third kappa shape index (κ3) is 37.7. The molecule has 48 heavy (non-hydrogen) atoms. The Morgan fingerprint density at radius 1 is 0.438 bits per heavy atom. The quantitative estimate of drug-likeness (QED) is 0.0562. The number of ether oxygens (including phenoxy) is 1. The Kier molecular flexibility index (Phi) is 39.3. The van der Waals surface area contributed by atoms with Crippen molar-refractivity contribution in [2.75, 3.05) is 26.3 Å². The summed E-state index contributed by atoms with van der Waals surface area (Å²) < 4.78 is 5.86. The molecule has 0 fully saturated rings. The number of aliphatic hydroxyl groups is 1. The lowest BCUT2D eigenvalue weighted by molar-refractivity contribution is -0.122. The molecular formula is C42H84N2O4. The van der Waals surface area contributed by atoms with Gasteiger partial charge in [-0.2, -0.15) is 0 Å². The van der Waals surface area contributed by atoms with E-state index in [1.54, 1.807) is 0 Å². The number of hydrogen-bond acceptors (Lipinski definition) is 4. The minimum atomic E-state index is -0.272. The lowest BCUT2D eigenvalue weighted by atomic mass is 10.0. The van der Waals surface area contributed by atoms with Gasteiger partial charge in [-0.05, 0) is 19.3 Å². The molecule has 0 aromatic carbocycles. The Hall–Kier alpha value is -1.14. The molecule has 0 radical (unpaired) electrons. The fourth-order valence-corrected chi connectivity index (χ4v) is 6.45. The number of carbonyl (C=O) groups is 2. The summed E-state index contributed by atoms with van der Waals surface area (Å²) in [5, 5.41) is 15.1. The van der Waals surface area contributed by atoms with E-state index in [1.165, 1.54) is 167 Å². The summed E-state index contributed by atoms with van der Waals surface area (Å²) in [4.78, 5) is 24.8. The van der Waals surface area contributed by atoms with Crippen LogP contribution in [0.15, 0.2) is 0 Å². The van der Waals surface area contributed by atoms with Crippen molar-refractivity contribution in [3.8, 4) is 0 Å². The molecule has 0 spiro atoms. The van der Waals surface area contributed by atoms with E-state index in [2.05, 4.69) is 24.5 Å². The van der Waals surface area contributed by atoms with Crippen LogP contribution in [0.3, 0.4) is 0 Å². The number of amides is 2. The number of hydrogen-bond donors (Lipinski definition) is 3. The first-order chi connectivity index (χ1) is 23.6. The molecule has 0 saturated carbocycles. The van der Waals surface area contributed by atoms with Crippen LogP contribution in [0.4, 0.5) is 0 Å². The summed E-state index contributed by atoms with van der Waals surface area (Å²) in [5.41, 5.74) is 0. The molecule has 2 amide bonds. The Labute approximate surface area is 299 Å². The van der Waals surface area contributed by atoms with Crippen molar-refractivity contribution in [1.82, 2.24) is 10.6 Å². The summed E-state index contributed by atoms with van der Waals surface area (Å²) in [5.74, 6) is 0.120. The van der Waals surface area contributed by atoms with Gasteiger partial charge in [0, 0.05) is 39.1 Å². The molecule has 0 saturated heterocycles. The molecular weight excluding hydrogens is 596 g/mol. The van der Waals surface area contributed by atoms with Gasteiger partial charge in [0.15, 0.2) is 0 Å². The van der Waals surface area contributed by atoms with Gasteiger partial charge in [0.2, 0.25) is 11.8 Å². The molecule has 0 aliphatic rings. The summed E-state index contributed by atoms with van der Waals surface area (Å²) in [6.07, 6.45) is 40.9. The van der Waals surface area contributed by atoms with Gasteiger partial charge in [0.25, 0.3) is 0 Å². The fourth-order valence-electron chi connectivity index (χ4n) is 6.45. The maximum Gasteiger partial charge on any atom is 0.220 e. The molecule has 0 aliphatic carbocycles. The van der Waals surface area contributed by atoms with Gasteiger partial charge in [-0.25, -0.2) is 0 Å². The Bertz CT molecular complexity index is 610. The van der Waals surface area contributed by atoms with Gasteiger partial charge in [0.1, 0.15) is 0 Å². The molecule has 3 N–H and O–H groups in total. The first-order valence-electron chi connectivity index (χ1n) is 21.4. The summed E-state index contributed by atoms with van der Waals surface area (Å²) in [6.45, 7) is 5.83. The zero-order valence-electron chi connectivity index (χ0n) is 32.4. The molecule has 0 aromatic rings. The van der Waals surface area contributed by atoms with Crippen LogP contribution in [0.1, 0.15) is 226 Å². The first-order valence-corrected chi connectivity index (χ1v) is 21.4. The predicted molar refractivity (Wildman–Crippen MR) is 207 cm³/mol. The van der Waals surface area contributed by atoms with E-state index in [9.17, 15) is 9.59 Å². The molecule has 0 heterocycles. The molecule has 0 unspecified atom stereocenters. The SMILES string of the molecule is CCCCCCCCCCCCCCCCCC(=O)NCC(CNC(=O)CCCCCCCCCCCCCCCCC)OCCCO. The predicted octanol–water partition coefficient (Wildman–Crippen LogP) is 11.5. The zero-order valence-corrected chi connectivity index (χ0v) is 32.4. The summed E-state index contributed by atoms with van der Waals surface area (Å²) in [6, 6.07) is 0. The van der Waals surface area contributed by atoms with Crippen molar-refractivity contribution in [2.45, 2.75) is 232 Å². The van der Waals surface area contributed by atoms with Gasteiger partial charge in [-0.15, -0.1) is 0 Å². The van der Waals surface area contributed by atoms with Gasteiger partial charge in [0.05, 0.1) is 6.10 Å². The number of carbonyl (C=O) groups excluding carboxylic acids is 2. The Balaban J connectivity index is 3.75. The standard InChI is InChI=1S/C42H84N2O4/c1-3-5-7-9-11-13-15-17-19-21-23-25-27-29-31-34-41(46)43-38-40(48-37-33-36-45)39-44-42(47)35-32-30-28-26-24-22-20-18-16-14-12-10-8-6-4-2/h40,45H,3-39H2,1-2H3,(H,43,46)(H,44,47). The molecule has 0 rings (SSSR count). The number of rotatable bonds is 40. The van der Waals surface area contributed by atoms with Crippen LogP contribution in [0.25, 0.3) is 0 Å². The van der Waals surface area contributed by atoms with Crippen molar-refractivity contribution in [1.29, 1.82) is 0 Å². The van der Waals surface area contributed by atoms with Gasteiger partial charge in [-0.3, -0.25) is 9.59 Å². The average molecular weight is 681 g/mol. The maximum atomic E-state index is 12.4. The van der Waals surface area contributed by atoms with Crippen molar-refractivity contribution >= 4 is 11.8 Å². The third-order valence-corrected chi connectivity index (χ3v) is 9.72. The summed E-state index contributed by atoms with van der Waals surface area (Å²) in [7, 11) is 0. The highest BCUT2D eigenvalue weighted by Crippen LogP contribution is 2.15. The maximum absolute atomic E-state index is 12.4. The minimum absolute atomic E-state index is 0.0598. The van der Waals surface area contributed by atoms with E-state index in [0.29, 0.717) is 39.0 Å².